The Bertz CT molecular complexity index is 166. The molecule has 1 aliphatic rings. The van der Waals surface area contributed by atoms with Gasteiger partial charge in [-0.05, 0) is 24.2 Å². The van der Waals surface area contributed by atoms with Crippen LogP contribution in [0.3, 0.4) is 0 Å². The Labute approximate surface area is 63.0 Å². The van der Waals surface area contributed by atoms with Crippen LogP contribution in [0.15, 0.2) is 24.6 Å². The third-order valence-electron chi connectivity index (χ3n) is 1.75. The van der Waals surface area contributed by atoms with E-state index in [1.807, 2.05) is 0 Å². The molecule has 10 heavy (non-hydrogen) atoms. The Kier molecular flexibility index (Phi) is 1.84. The number of allylic oxidation sites excluding steroid dienone is 2. The van der Waals surface area contributed by atoms with E-state index < -0.39 is 0 Å². The highest BCUT2D eigenvalue weighted by atomic mass is 15.0. The molecular weight excluding hydrogens is 122 g/mol. The normalized spacial score (nSPS) is 22.9. The van der Waals surface area contributed by atoms with Gasteiger partial charge in [-0.15, -0.1) is 0 Å². The van der Waals surface area contributed by atoms with E-state index in [4.69, 9.17) is 0 Å². The predicted octanol–water partition coefficient (Wildman–Crippen LogP) is 2.38. The largest absolute Gasteiger partial charge is 0.358 e. The van der Waals surface area contributed by atoms with Crippen molar-refractivity contribution in [3.05, 3.63) is 24.6 Å². The zero-order chi connectivity index (χ0) is 7.61. The second kappa shape index (κ2) is 2.49. The molecule has 0 saturated carbocycles. The van der Waals surface area contributed by atoms with Crippen molar-refractivity contribution in [3.8, 4) is 0 Å². The van der Waals surface area contributed by atoms with Crippen molar-refractivity contribution in [1.82, 2.24) is 4.90 Å². The number of rotatable bonds is 0. The molecule has 56 valence electrons. The molecular formula is C9H15N. The first-order valence-corrected chi connectivity index (χ1v) is 3.68. The van der Waals surface area contributed by atoms with Gasteiger partial charge in [-0.1, -0.05) is 26.0 Å². The average Bonchev–Trinajstić information content (AvgIpc) is 1.94. The summed E-state index contributed by atoms with van der Waals surface area (Å²) in [7, 11) is 2.05. The molecule has 0 N–H and O–H groups in total. The summed E-state index contributed by atoms with van der Waals surface area (Å²) in [5, 5.41) is 0. The molecule has 0 fully saturated rings. The molecule has 0 atom stereocenters. The number of nitrogens with zero attached hydrogens (tertiary/aromatic N) is 1. The quantitative estimate of drug-likeness (QED) is 0.495. The Morgan fingerprint density at radius 1 is 1.30 bits per heavy atom. The van der Waals surface area contributed by atoms with Gasteiger partial charge in [-0.25, -0.2) is 0 Å². The highest BCUT2D eigenvalue weighted by Crippen LogP contribution is 2.24. The van der Waals surface area contributed by atoms with Crippen molar-refractivity contribution in [2.45, 2.75) is 20.3 Å². The van der Waals surface area contributed by atoms with E-state index in [0.29, 0.717) is 5.41 Å². The van der Waals surface area contributed by atoms with E-state index >= 15 is 0 Å². The Morgan fingerprint density at radius 3 is 2.70 bits per heavy atom. The summed E-state index contributed by atoms with van der Waals surface area (Å²) in [5.74, 6) is 0. The summed E-state index contributed by atoms with van der Waals surface area (Å²) < 4.78 is 0. The third-order valence-corrected chi connectivity index (χ3v) is 1.75. The standard InChI is InChI=1S/C9H15N/c1-9(2)5-4-7-10(3)8-6-9/h4,6-8H,5H2,1-3H3. The summed E-state index contributed by atoms with van der Waals surface area (Å²) in [6.07, 6.45) is 9.80. The van der Waals surface area contributed by atoms with Crippen molar-refractivity contribution >= 4 is 0 Å². The van der Waals surface area contributed by atoms with Gasteiger partial charge < -0.3 is 4.90 Å². The molecule has 0 bridgehead atoms. The minimum Gasteiger partial charge on any atom is -0.358 e. The lowest BCUT2D eigenvalue weighted by Gasteiger charge is -2.15. The molecule has 1 nitrogen and oxygen atoms in total. The first-order valence-electron chi connectivity index (χ1n) is 3.68. The monoisotopic (exact) mass is 137 g/mol. The Hall–Kier alpha value is -0.720. The van der Waals surface area contributed by atoms with Crippen LogP contribution >= 0.6 is 0 Å². The van der Waals surface area contributed by atoms with Crippen LogP contribution in [0.25, 0.3) is 0 Å². The van der Waals surface area contributed by atoms with Gasteiger partial charge in [0.15, 0.2) is 0 Å². The smallest absolute Gasteiger partial charge is 0.0106 e. The fourth-order valence-electron chi connectivity index (χ4n) is 0.960. The van der Waals surface area contributed by atoms with E-state index in [9.17, 15) is 0 Å². The summed E-state index contributed by atoms with van der Waals surface area (Å²) in [4.78, 5) is 2.08. The predicted molar refractivity (Wildman–Crippen MR) is 44.4 cm³/mol. The van der Waals surface area contributed by atoms with Gasteiger partial charge in [0.25, 0.3) is 0 Å². The van der Waals surface area contributed by atoms with Crippen LogP contribution in [-0.2, 0) is 0 Å². The van der Waals surface area contributed by atoms with Crippen LogP contribution in [0.5, 0.6) is 0 Å². The van der Waals surface area contributed by atoms with Crippen molar-refractivity contribution in [3.63, 3.8) is 0 Å². The molecule has 0 aromatic rings. The van der Waals surface area contributed by atoms with Crippen LogP contribution in [0.2, 0.25) is 0 Å². The van der Waals surface area contributed by atoms with E-state index in [0.717, 1.165) is 6.42 Å². The summed E-state index contributed by atoms with van der Waals surface area (Å²) in [6, 6.07) is 0. The van der Waals surface area contributed by atoms with Crippen LogP contribution in [0.4, 0.5) is 0 Å². The molecule has 0 amide bonds. The molecule has 1 heterocycles. The lowest BCUT2D eigenvalue weighted by atomic mass is 9.90. The topological polar surface area (TPSA) is 3.24 Å². The van der Waals surface area contributed by atoms with E-state index in [1.165, 1.54) is 0 Å². The molecule has 0 spiro atoms. The molecule has 1 rings (SSSR count). The molecule has 0 radical (unpaired) electrons. The lowest BCUT2D eigenvalue weighted by molar-refractivity contribution is 0.488. The van der Waals surface area contributed by atoms with Gasteiger partial charge in [0.05, 0.1) is 0 Å². The van der Waals surface area contributed by atoms with E-state index in [1.54, 1.807) is 0 Å². The number of hydrogen-bond donors (Lipinski definition) is 0. The zero-order valence-electron chi connectivity index (χ0n) is 6.96. The first-order chi connectivity index (χ1) is 4.60. The molecule has 0 unspecified atom stereocenters. The summed E-state index contributed by atoms with van der Waals surface area (Å²) in [5.41, 5.74) is 0.335. The molecule has 0 saturated heterocycles. The van der Waals surface area contributed by atoms with Gasteiger partial charge in [0.1, 0.15) is 0 Å². The SMILES string of the molecule is CN1C=CCC(C)(C)C=C1. The van der Waals surface area contributed by atoms with Crippen molar-refractivity contribution < 1.29 is 0 Å². The summed E-state index contributed by atoms with van der Waals surface area (Å²) in [6.45, 7) is 4.49. The van der Waals surface area contributed by atoms with Crippen LogP contribution in [0.1, 0.15) is 20.3 Å². The second-order valence-electron chi connectivity index (χ2n) is 3.56. The molecule has 0 aliphatic carbocycles. The maximum atomic E-state index is 2.24. The van der Waals surface area contributed by atoms with Crippen molar-refractivity contribution in [1.29, 1.82) is 0 Å². The van der Waals surface area contributed by atoms with Crippen LogP contribution < -0.4 is 0 Å². The molecule has 0 aromatic heterocycles. The highest BCUT2D eigenvalue weighted by Gasteiger charge is 2.12. The van der Waals surface area contributed by atoms with Gasteiger partial charge in [-0.3, -0.25) is 0 Å². The number of hydrogen-bond acceptors (Lipinski definition) is 1. The van der Waals surface area contributed by atoms with Crippen molar-refractivity contribution in [2.24, 2.45) is 5.41 Å². The Morgan fingerprint density at radius 2 is 2.00 bits per heavy atom. The zero-order valence-corrected chi connectivity index (χ0v) is 6.96. The molecule has 1 aliphatic heterocycles. The lowest BCUT2D eigenvalue weighted by Crippen LogP contribution is -2.04. The van der Waals surface area contributed by atoms with Gasteiger partial charge >= 0.3 is 0 Å². The van der Waals surface area contributed by atoms with Crippen LogP contribution in [0, 0.1) is 5.41 Å². The van der Waals surface area contributed by atoms with E-state index in [-0.39, 0.29) is 0 Å². The fourth-order valence-corrected chi connectivity index (χ4v) is 0.960. The second-order valence-corrected chi connectivity index (χ2v) is 3.56. The van der Waals surface area contributed by atoms with E-state index in [2.05, 4.69) is 50.3 Å². The minimum atomic E-state index is 0.335. The average molecular weight is 137 g/mol. The highest BCUT2D eigenvalue weighted by molar-refractivity contribution is 5.04. The van der Waals surface area contributed by atoms with Crippen LogP contribution in [-0.4, -0.2) is 11.9 Å². The van der Waals surface area contributed by atoms with Gasteiger partial charge in [-0.2, -0.15) is 0 Å². The Balaban J connectivity index is 2.72. The van der Waals surface area contributed by atoms with Crippen molar-refractivity contribution in [2.75, 3.05) is 7.05 Å². The summed E-state index contributed by atoms with van der Waals surface area (Å²) >= 11 is 0. The maximum Gasteiger partial charge on any atom is 0.0106 e. The molecule has 0 aromatic carbocycles. The molecule has 1 heteroatoms. The first kappa shape index (κ1) is 7.39. The maximum absolute atomic E-state index is 2.24. The van der Waals surface area contributed by atoms with Gasteiger partial charge in [0.2, 0.25) is 0 Å². The van der Waals surface area contributed by atoms with Gasteiger partial charge in [0, 0.05) is 7.05 Å². The fraction of sp³-hybridized carbons (Fsp3) is 0.556. The third kappa shape index (κ3) is 1.90. The minimum absolute atomic E-state index is 0.335.